The molecular weight excluding hydrogens is 259 g/mol. The molecule has 0 radical (unpaired) electrons. The van der Waals surface area contributed by atoms with Crippen LogP contribution in [-0.4, -0.2) is 10.1 Å². The lowest BCUT2D eigenvalue weighted by molar-refractivity contribution is 0.461. The molecular formula is C15H11FN2O2. The molecule has 0 aliphatic heterocycles. The van der Waals surface area contributed by atoms with Crippen LogP contribution in [0, 0.1) is 5.82 Å². The van der Waals surface area contributed by atoms with E-state index >= 15 is 0 Å². The second-order valence-corrected chi connectivity index (χ2v) is 4.31. The van der Waals surface area contributed by atoms with E-state index in [1.54, 1.807) is 36.5 Å². The lowest BCUT2D eigenvalue weighted by atomic mass is 10.1. The number of aromatic hydroxyl groups is 1. The predicted molar refractivity (Wildman–Crippen MR) is 74.3 cm³/mol. The Labute approximate surface area is 114 Å². The van der Waals surface area contributed by atoms with Crippen molar-refractivity contribution in [1.29, 1.82) is 0 Å². The Morgan fingerprint density at radius 3 is 2.75 bits per heavy atom. The normalized spacial score (nSPS) is 10.7. The maximum atomic E-state index is 13.4. The molecule has 20 heavy (non-hydrogen) atoms. The van der Waals surface area contributed by atoms with E-state index in [9.17, 15) is 9.50 Å². The Kier molecular flexibility index (Phi) is 2.87. The first kappa shape index (κ1) is 12.2. The van der Waals surface area contributed by atoms with Crippen LogP contribution in [0.15, 0.2) is 48.7 Å². The number of hydrogen-bond acceptors (Lipinski definition) is 4. The molecule has 0 fully saturated rings. The second-order valence-electron chi connectivity index (χ2n) is 4.31. The summed E-state index contributed by atoms with van der Waals surface area (Å²) >= 11 is 0. The van der Waals surface area contributed by atoms with E-state index in [2.05, 4.69) is 4.98 Å². The predicted octanol–water partition coefficient (Wildman–Crippen LogP) is 3.45. The summed E-state index contributed by atoms with van der Waals surface area (Å²) in [6, 6.07) is 10.8. The molecule has 0 unspecified atom stereocenters. The Hall–Kier alpha value is -2.82. The monoisotopic (exact) mass is 270 g/mol. The van der Waals surface area contributed by atoms with E-state index in [-0.39, 0.29) is 11.4 Å². The van der Waals surface area contributed by atoms with Crippen molar-refractivity contribution in [2.45, 2.75) is 0 Å². The van der Waals surface area contributed by atoms with Gasteiger partial charge in [0.1, 0.15) is 17.3 Å². The van der Waals surface area contributed by atoms with Crippen molar-refractivity contribution in [3.8, 4) is 17.4 Å². The third-order valence-corrected chi connectivity index (χ3v) is 2.90. The number of aromatic nitrogens is 1. The van der Waals surface area contributed by atoms with Crippen LogP contribution in [-0.2, 0) is 0 Å². The number of phenols is 1. The van der Waals surface area contributed by atoms with Crippen LogP contribution in [0.2, 0.25) is 0 Å². The summed E-state index contributed by atoms with van der Waals surface area (Å²) in [7, 11) is 0. The highest BCUT2D eigenvalue weighted by molar-refractivity contribution is 5.88. The number of benzene rings is 2. The zero-order valence-electron chi connectivity index (χ0n) is 10.4. The molecule has 100 valence electrons. The number of anilines is 1. The van der Waals surface area contributed by atoms with E-state index in [1.807, 2.05) is 0 Å². The average molecular weight is 270 g/mol. The van der Waals surface area contributed by atoms with Gasteiger partial charge in [-0.05, 0) is 35.7 Å². The quantitative estimate of drug-likeness (QED) is 0.700. The van der Waals surface area contributed by atoms with Gasteiger partial charge < -0.3 is 15.6 Å². The molecule has 0 spiro atoms. The van der Waals surface area contributed by atoms with Gasteiger partial charge in [-0.15, -0.1) is 0 Å². The number of rotatable bonds is 2. The van der Waals surface area contributed by atoms with Crippen molar-refractivity contribution in [2.24, 2.45) is 0 Å². The molecule has 0 bridgehead atoms. The lowest BCUT2D eigenvalue weighted by Crippen LogP contribution is -1.93. The van der Waals surface area contributed by atoms with E-state index in [0.29, 0.717) is 17.0 Å². The Morgan fingerprint density at radius 2 is 1.95 bits per heavy atom. The Bertz CT molecular complexity index is 790. The smallest absolute Gasteiger partial charge is 0.227 e. The molecule has 0 amide bonds. The first-order chi connectivity index (χ1) is 9.63. The number of nitrogens with two attached hydrogens (primary N) is 1. The number of pyridine rings is 1. The molecule has 3 rings (SSSR count). The molecule has 0 saturated carbocycles. The molecule has 1 aromatic heterocycles. The van der Waals surface area contributed by atoms with E-state index in [1.165, 1.54) is 12.1 Å². The van der Waals surface area contributed by atoms with Gasteiger partial charge in [0.05, 0.1) is 5.69 Å². The van der Waals surface area contributed by atoms with Crippen LogP contribution < -0.4 is 10.5 Å². The van der Waals surface area contributed by atoms with E-state index < -0.39 is 5.82 Å². The van der Waals surface area contributed by atoms with E-state index in [0.717, 1.165) is 5.39 Å². The number of phenolic OH excluding ortho intramolecular Hbond substituents is 1. The van der Waals surface area contributed by atoms with Crippen LogP contribution in [0.25, 0.3) is 10.8 Å². The third kappa shape index (κ3) is 2.21. The summed E-state index contributed by atoms with van der Waals surface area (Å²) in [6.07, 6.45) is 1.59. The molecule has 3 N–H and O–H groups in total. The Morgan fingerprint density at radius 1 is 1.10 bits per heavy atom. The number of nitrogens with zero attached hydrogens (tertiary/aromatic N) is 1. The first-order valence-electron chi connectivity index (χ1n) is 5.94. The molecule has 0 atom stereocenters. The molecule has 5 heteroatoms. The molecule has 0 saturated heterocycles. The van der Waals surface area contributed by atoms with Crippen LogP contribution >= 0.6 is 0 Å². The standard InChI is InChI=1S/C15H11FN2O2/c16-13-8-11(3-4-14(13)17)20-15-12-7-10(19)2-1-9(12)5-6-18-15/h1-8,19H,17H2. The van der Waals surface area contributed by atoms with Crippen molar-refractivity contribution >= 4 is 16.5 Å². The maximum Gasteiger partial charge on any atom is 0.227 e. The third-order valence-electron chi connectivity index (χ3n) is 2.90. The number of hydrogen-bond donors (Lipinski definition) is 2. The molecule has 1 heterocycles. The maximum absolute atomic E-state index is 13.4. The van der Waals surface area contributed by atoms with Crippen molar-refractivity contribution in [3.63, 3.8) is 0 Å². The van der Waals surface area contributed by atoms with Crippen LogP contribution in [0.5, 0.6) is 17.4 Å². The van der Waals surface area contributed by atoms with Gasteiger partial charge in [0.15, 0.2) is 0 Å². The van der Waals surface area contributed by atoms with Gasteiger partial charge in [0.2, 0.25) is 5.88 Å². The number of halogens is 1. The summed E-state index contributed by atoms with van der Waals surface area (Å²) in [5.41, 5.74) is 5.47. The fraction of sp³-hybridized carbons (Fsp3) is 0. The van der Waals surface area contributed by atoms with Gasteiger partial charge in [-0.2, -0.15) is 0 Å². The summed E-state index contributed by atoms with van der Waals surface area (Å²) in [6.45, 7) is 0. The van der Waals surface area contributed by atoms with Crippen molar-refractivity contribution < 1.29 is 14.2 Å². The fourth-order valence-electron chi connectivity index (χ4n) is 1.89. The highest BCUT2D eigenvalue weighted by atomic mass is 19.1. The van der Waals surface area contributed by atoms with Gasteiger partial charge in [-0.3, -0.25) is 0 Å². The van der Waals surface area contributed by atoms with Crippen LogP contribution in [0.1, 0.15) is 0 Å². The molecule has 4 nitrogen and oxygen atoms in total. The SMILES string of the molecule is Nc1ccc(Oc2nccc3ccc(O)cc23)cc1F. The van der Waals surface area contributed by atoms with E-state index in [4.69, 9.17) is 10.5 Å². The minimum Gasteiger partial charge on any atom is -0.508 e. The number of fused-ring (bicyclic) bond motifs is 1. The molecule has 0 aliphatic rings. The zero-order valence-corrected chi connectivity index (χ0v) is 10.4. The van der Waals surface area contributed by atoms with Crippen molar-refractivity contribution in [3.05, 3.63) is 54.5 Å². The average Bonchev–Trinajstić information content (AvgIpc) is 2.44. The topological polar surface area (TPSA) is 68.4 Å². The minimum atomic E-state index is -0.550. The van der Waals surface area contributed by atoms with Crippen LogP contribution in [0.4, 0.5) is 10.1 Å². The molecule has 3 aromatic rings. The summed E-state index contributed by atoms with van der Waals surface area (Å²) in [5, 5.41) is 11.0. The Balaban J connectivity index is 2.05. The summed E-state index contributed by atoms with van der Waals surface area (Å²) in [4.78, 5) is 4.11. The van der Waals surface area contributed by atoms with Crippen LogP contribution in [0.3, 0.4) is 0 Å². The molecule has 2 aromatic carbocycles. The summed E-state index contributed by atoms with van der Waals surface area (Å²) < 4.78 is 19.0. The fourth-order valence-corrected chi connectivity index (χ4v) is 1.89. The van der Waals surface area contributed by atoms with Crippen molar-refractivity contribution in [1.82, 2.24) is 4.98 Å². The highest BCUT2D eigenvalue weighted by Gasteiger charge is 2.07. The second kappa shape index (κ2) is 4.70. The van der Waals surface area contributed by atoms with Gasteiger partial charge in [-0.1, -0.05) is 6.07 Å². The summed E-state index contributed by atoms with van der Waals surface area (Å²) in [5.74, 6) is 0.145. The largest absolute Gasteiger partial charge is 0.508 e. The lowest BCUT2D eigenvalue weighted by Gasteiger charge is -2.08. The van der Waals surface area contributed by atoms with Gasteiger partial charge in [-0.25, -0.2) is 9.37 Å². The molecule has 0 aliphatic carbocycles. The van der Waals surface area contributed by atoms with Gasteiger partial charge >= 0.3 is 0 Å². The zero-order chi connectivity index (χ0) is 14.1. The van der Waals surface area contributed by atoms with Gasteiger partial charge in [0.25, 0.3) is 0 Å². The highest BCUT2D eigenvalue weighted by Crippen LogP contribution is 2.30. The first-order valence-corrected chi connectivity index (χ1v) is 5.94. The minimum absolute atomic E-state index is 0.0564. The van der Waals surface area contributed by atoms with Crippen molar-refractivity contribution in [2.75, 3.05) is 5.73 Å². The number of nitrogen functional groups attached to an aromatic ring is 1. The van der Waals surface area contributed by atoms with Gasteiger partial charge in [0, 0.05) is 17.6 Å². The number of ether oxygens (including phenoxy) is 1.